The van der Waals surface area contributed by atoms with Crippen LogP contribution in [0.2, 0.25) is 0 Å². The Bertz CT molecular complexity index is 1330. The molecule has 53 heavy (non-hydrogen) atoms. The number of ether oxygens (including phenoxy) is 2. The fourth-order valence-corrected chi connectivity index (χ4v) is 6.79. The minimum atomic E-state index is -1.15. The second kappa shape index (κ2) is 23.8. The number of amides is 4. The zero-order chi connectivity index (χ0) is 40.4. The standard InChI is InChI=1S/C37H59N5O8.C3H8/c1-11-24(5)33(41(8)31(44)20-39-36(46)32(38-7)22(2)3)29(49-9)19-30(43)42-21-23(4)17-28(42)34(50-10)25(6)35(45)40-27(37(47)48)18-26-15-13-12-14-16-26;1-3-2/h12-16,22,24-25,27-29,32-34,38H,4,11,17-21H2,1-3,5-10H3,(H,39,46)(H,40,45)(H,47,48);3H2,1-2H3. The number of hydrogen-bond donors (Lipinski definition) is 4. The second-order valence-corrected chi connectivity index (χ2v) is 14.4. The van der Waals surface area contributed by atoms with E-state index in [9.17, 15) is 29.1 Å². The largest absolute Gasteiger partial charge is 0.480 e. The Hall–Kier alpha value is -3.81. The van der Waals surface area contributed by atoms with Crippen molar-refractivity contribution in [1.82, 2.24) is 25.8 Å². The molecule has 0 aromatic heterocycles. The van der Waals surface area contributed by atoms with E-state index in [1.165, 1.54) is 20.6 Å². The summed E-state index contributed by atoms with van der Waals surface area (Å²) in [7, 11) is 6.33. The van der Waals surface area contributed by atoms with Gasteiger partial charge in [0.2, 0.25) is 23.6 Å². The Balaban J connectivity index is 0.00000452. The van der Waals surface area contributed by atoms with E-state index in [-0.39, 0.29) is 55.5 Å². The van der Waals surface area contributed by atoms with Crippen molar-refractivity contribution in [2.45, 2.75) is 117 Å². The number of carbonyl (C=O) groups excluding carboxylic acids is 4. The van der Waals surface area contributed by atoms with Crippen LogP contribution in [-0.4, -0.2) is 122 Å². The smallest absolute Gasteiger partial charge is 0.326 e. The molecule has 4 N–H and O–H groups in total. The first kappa shape index (κ1) is 47.2. The van der Waals surface area contributed by atoms with Crippen molar-refractivity contribution in [1.29, 1.82) is 0 Å². The van der Waals surface area contributed by atoms with Gasteiger partial charge in [-0.05, 0) is 30.9 Å². The lowest BCUT2D eigenvalue weighted by molar-refractivity contribution is -0.147. The molecule has 300 valence electrons. The number of aliphatic carboxylic acids is 1. The molecule has 1 aliphatic heterocycles. The first-order valence-corrected chi connectivity index (χ1v) is 18.8. The van der Waals surface area contributed by atoms with E-state index in [2.05, 4.69) is 36.4 Å². The van der Waals surface area contributed by atoms with Crippen LogP contribution in [0.3, 0.4) is 0 Å². The molecule has 13 heteroatoms. The molecule has 1 aromatic carbocycles. The first-order valence-electron chi connectivity index (χ1n) is 18.8. The molecule has 1 heterocycles. The zero-order valence-electron chi connectivity index (χ0n) is 33.9. The van der Waals surface area contributed by atoms with Gasteiger partial charge in [0.15, 0.2) is 0 Å². The summed E-state index contributed by atoms with van der Waals surface area (Å²) < 4.78 is 11.7. The fraction of sp³-hybridized carbons (Fsp3) is 0.675. The lowest BCUT2D eigenvalue weighted by Crippen LogP contribution is -2.55. The number of likely N-dealkylation sites (tertiary alicyclic amines) is 1. The number of carboxylic acids is 1. The van der Waals surface area contributed by atoms with Gasteiger partial charge in [-0.2, -0.15) is 0 Å². The van der Waals surface area contributed by atoms with E-state index in [1.54, 1.807) is 55.1 Å². The highest BCUT2D eigenvalue weighted by atomic mass is 16.5. The third-order valence-electron chi connectivity index (χ3n) is 9.87. The molecule has 0 saturated carbocycles. The fourth-order valence-electron chi connectivity index (χ4n) is 6.79. The molecule has 0 aliphatic carbocycles. The summed E-state index contributed by atoms with van der Waals surface area (Å²) >= 11 is 0. The van der Waals surface area contributed by atoms with E-state index in [0.29, 0.717) is 12.8 Å². The molecule has 8 atom stereocenters. The predicted octanol–water partition coefficient (Wildman–Crippen LogP) is 3.66. The predicted molar refractivity (Wildman–Crippen MR) is 207 cm³/mol. The third kappa shape index (κ3) is 14.2. The number of nitrogens with zero attached hydrogens (tertiary/aromatic N) is 2. The number of carboxylic acid groups (broad SMARTS) is 1. The highest BCUT2D eigenvalue weighted by Crippen LogP contribution is 2.31. The number of benzene rings is 1. The Morgan fingerprint density at radius 1 is 1.00 bits per heavy atom. The van der Waals surface area contributed by atoms with Gasteiger partial charge in [0.05, 0.1) is 49.2 Å². The quantitative estimate of drug-likeness (QED) is 0.146. The maximum atomic E-state index is 14.1. The number of methoxy groups -OCH3 is 2. The summed E-state index contributed by atoms with van der Waals surface area (Å²) in [6.07, 6.45) is 1.00. The first-order chi connectivity index (χ1) is 25.0. The molecule has 1 aromatic rings. The monoisotopic (exact) mass is 745 g/mol. The minimum absolute atomic E-state index is 0.0337. The van der Waals surface area contributed by atoms with Crippen LogP contribution >= 0.6 is 0 Å². The molecule has 2 rings (SSSR count). The van der Waals surface area contributed by atoms with Gasteiger partial charge < -0.3 is 40.3 Å². The van der Waals surface area contributed by atoms with Gasteiger partial charge >= 0.3 is 5.97 Å². The van der Waals surface area contributed by atoms with E-state index >= 15 is 0 Å². The number of carbonyl (C=O) groups is 5. The summed E-state index contributed by atoms with van der Waals surface area (Å²) in [6, 6.07) is 6.45. The van der Waals surface area contributed by atoms with Crippen LogP contribution in [0.4, 0.5) is 0 Å². The highest BCUT2D eigenvalue weighted by molar-refractivity contribution is 5.88. The molecular formula is C40H67N5O8. The summed E-state index contributed by atoms with van der Waals surface area (Å²) in [5, 5.41) is 18.2. The number of hydrogen-bond acceptors (Lipinski definition) is 8. The zero-order valence-corrected chi connectivity index (χ0v) is 33.9. The average Bonchev–Trinajstić information content (AvgIpc) is 3.51. The van der Waals surface area contributed by atoms with Crippen molar-refractivity contribution in [3.63, 3.8) is 0 Å². The number of rotatable bonds is 20. The van der Waals surface area contributed by atoms with Gasteiger partial charge in [-0.1, -0.05) is 104 Å². The van der Waals surface area contributed by atoms with E-state index in [1.807, 2.05) is 33.8 Å². The van der Waals surface area contributed by atoms with Crippen molar-refractivity contribution in [3.05, 3.63) is 48.0 Å². The lowest BCUT2D eigenvalue weighted by Gasteiger charge is -2.39. The van der Waals surface area contributed by atoms with Crippen LogP contribution in [0.1, 0.15) is 79.7 Å². The SMILES string of the molecule is C=C1CC(C(OC)C(C)C(=O)NC(Cc2ccccc2)C(=O)O)N(C(=O)CC(OC)C(C(C)CC)N(C)C(=O)CNC(=O)C(NC)C(C)C)C1.CCC. The van der Waals surface area contributed by atoms with Crippen molar-refractivity contribution >= 4 is 29.6 Å². The number of nitrogens with one attached hydrogen (secondary N) is 3. The maximum Gasteiger partial charge on any atom is 0.326 e. The Labute approximate surface area is 317 Å². The molecule has 1 fully saturated rings. The summed E-state index contributed by atoms with van der Waals surface area (Å²) in [4.78, 5) is 68.8. The highest BCUT2D eigenvalue weighted by Gasteiger charge is 2.43. The van der Waals surface area contributed by atoms with Crippen molar-refractivity contribution in [2.75, 3.05) is 41.4 Å². The third-order valence-corrected chi connectivity index (χ3v) is 9.87. The van der Waals surface area contributed by atoms with Gasteiger partial charge in [-0.25, -0.2) is 4.79 Å². The van der Waals surface area contributed by atoms with Crippen LogP contribution in [0.5, 0.6) is 0 Å². The van der Waals surface area contributed by atoms with Crippen molar-refractivity contribution in [3.8, 4) is 0 Å². The summed E-state index contributed by atoms with van der Waals surface area (Å²) in [5.74, 6) is -3.30. The lowest BCUT2D eigenvalue weighted by atomic mass is 9.90. The Morgan fingerprint density at radius 3 is 2.09 bits per heavy atom. The van der Waals surface area contributed by atoms with E-state index in [0.717, 1.165) is 11.1 Å². The van der Waals surface area contributed by atoms with E-state index in [4.69, 9.17) is 9.47 Å². The summed E-state index contributed by atoms with van der Waals surface area (Å²) in [5.41, 5.74) is 1.57. The molecule has 8 unspecified atom stereocenters. The normalized spacial score (nSPS) is 18.1. The molecule has 0 bridgehead atoms. The molecule has 13 nitrogen and oxygen atoms in total. The van der Waals surface area contributed by atoms with Crippen LogP contribution in [0, 0.1) is 17.8 Å². The number of likely N-dealkylation sites (N-methyl/N-ethyl adjacent to an activating group) is 2. The molecular weight excluding hydrogens is 678 g/mol. The Morgan fingerprint density at radius 2 is 1.60 bits per heavy atom. The van der Waals surface area contributed by atoms with Gasteiger partial charge in [-0.15, -0.1) is 0 Å². The molecule has 0 spiro atoms. The topological polar surface area (TPSA) is 167 Å². The molecule has 1 aliphatic rings. The van der Waals surface area contributed by atoms with E-state index < -0.39 is 54.2 Å². The maximum absolute atomic E-state index is 14.1. The summed E-state index contributed by atoms with van der Waals surface area (Å²) in [6.45, 7) is 17.9. The van der Waals surface area contributed by atoms with Crippen molar-refractivity contribution in [2.24, 2.45) is 17.8 Å². The van der Waals surface area contributed by atoms with Gasteiger partial charge in [-0.3, -0.25) is 19.2 Å². The van der Waals surface area contributed by atoms with Crippen LogP contribution in [0.25, 0.3) is 0 Å². The van der Waals surface area contributed by atoms with Gasteiger partial charge in [0, 0.05) is 34.2 Å². The van der Waals surface area contributed by atoms with Gasteiger partial charge in [0.1, 0.15) is 6.04 Å². The molecule has 4 amide bonds. The Kier molecular flexibility index (Phi) is 21.2. The van der Waals surface area contributed by atoms with Crippen LogP contribution in [0.15, 0.2) is 42.5 Å². The average molecular weight is 746 g/mol. The second-order valence-electron chi connectivity index (χ2n) is 14.4. The molecule has 1 saturated heterocycles. The minimum Gasteiger partial charge on any atom is -0.480 e. The van der Waals surface area contributed by atoms with Gasteiger partial charge in [0.25, 0.3) is 0 Å². The van der Waals surface area contributed by atoms with Crippen LogP contribution in [-0.2, 0) is 39.9 Å². The van der Waals surface area contributed by atoms with Crippen molar-refractivity contribution < 1.29 is 38.6 Å². The molecule has 0 radical (unpaired) electrons. The van der Waals surface area contributed by atoms with Crippen LogP contribution < -0.4 is 16.0 Å².